The second kappa shape index (κ2) is 5.06. The Hall–Kier alpha value is -0.170. The fourth-order valence-corrected chi connectivity index (χ4v) is 3.03. The normalized spacial score (nSPS) is 26.0. The molecule has 1 unspecified atom stereocenters. The number of hydrogen-bond donors (Lipinski definition) is 2. The quantitative estimate of drug-likeness (QED) is 0.704. The highest BCUT2D eigenvalue weighted by atomic mass is 32.2. The van der Waals surface area contributed by atoms with Crippen molar-refractivity contribution in [2.45, 2.75) is 38.8 Å². The number of nitrogens with two attached hydrogens (primary N) is 1. The van der Waals surface area contributed by atoms with Crippen LogP contribution >= 0.6 is 0 Å². The fraction of sp³-hybridized carbons (Fsp3) is 1.00. The van der Waals surface area contributed by atoms with E-state index < -0.39 is 10.2 Å². The largest absolute Gasteiger partial charge is 0.315 e. The van der Waals surface area contributed by atoms with Crippen molar-refractivity contribution in [3.05, 3.63) is 0 Å². The van der Waals surface area contributed by atoms with E-state index in [-0.39, 0.29) is 6.17 Å². The molecule has 14 heavy (non-hydrogen) atoms. The molecule has 3 N–H and O–H groups in total. The van der Waals surface area contributed by atoms with Gasteiger partial charge in [-0.25, -0.2) is 4.72 Å². The van der Waals surface area contributed by atoms with E-state index in [0.29, 0.717) is 13.1 Å². The smallest absolute Gasteiger partial charge is 0.280 e. The molecule has 0 aromatic rings. The summed E-state index contributed by atoms with van der Waals surface area (Å²) in [5.41, 5.74) is 5.80. The van der Waals surface area contributed by atoms with E-state index in [1.165, 1.54) is 4.31 Å². The molecule has 1 aliphatic heterocycles. The maximum absolute atomic E-state index is 11.7. The summed E-state index contributed by atoms with van der Waals surface area (Å²) in [6.45, 7) is 2.71. The lowest BCUT2D eigenvalue weighted by Gasteiger charge is -2.25. The summed E-state index contributed by atoms with van der Waals surface area (Å²) in [5.74, 6) is 0. The van der Waals surface area contributed by atoms with E-state index in [1.54, 1.807) is 6.92 Å². The van der Waals surface area contributed by atoms with Crippen molar-refractivity contribution in [1.82, 2.24) is 9.03 Å². The third-order valence-corrected chi connectivity index (χ3v) is 4.11. The van der Waals surface area contributed by atoms with Crippen molar-refractivity contribution < 1.29 is 8.42 Å². The topological polar surface area (TPSA) is 75.4 Å². The molecule has 0 spiro atoms. The van der Waals surface area contributed by atoms with Crippen LogP contribution in [0.25, 0.3) is 0 Å². The van der Waals surface area contributed by atoms with Gasteiger partial charge in [-0.2, -0.15) is 12.7 Å². The van der Waals surface area contributed by atoms with Crippen LogP contribution in [0, 0.1) is 0 Å². The van der Waals surface area contributed by atoms with Crippen LogP contribution in [0.4, 0.5) is 0 Å². The summed E-state index contributed by atoms with van der Waals surface area (Å²) in [7, 11) is -3.35. The molecule has 1 heterocycles. The molecule has 5 nitrogen and oxygen atoms in total. The first-order valence-corrected chi connectivity index (χ1v) is 6.54. The van der Waals surface area contributed by atoms with E-state index in [1.807, 2.05) is 0 Å². The van der Waals surface area contributed by atoms with Crippen LogP contribution in [0.1, 0.15) is 32.6 Å². The third-order valence-electron chi connectivity index (χ3n) is 2.38. The van der Waals surface area contributed by atoms with Gasteiger partial charge in [0.2, 0.25) is 0 Å². The van der Waals surface area contributed by atoms with Gasteiger partial charge in [-0.05, 0) is 12.8 Å². The molecule has 1 atom stereocenters. The minimum absolute atomic E-state index is 0.360. The fourth-order valence-electron chi connectivity index (χ4n) is 1.67. The minimum Gasteiger partial charge on any atom is -0.315 e. The number of hydrogen-bond acceptors (Lipinski definition) is 3. The van der Waals surface area contributed by atoms with Crippen molar-refractivity contribution in [3.63, 3.8) is 0 Å². The van der Waals surface area contributed by atoms with Gasteiger partial charge >= 0.3 is 0 Å². The summed E-state index contributed by atoms with van der Waals surface area (Å²) in [6, 6.07) is 0. The van der Waals surface area contributed by atoms with E-state index >= 15 is 0 Å². The molecular weight excluding hydrogens is 202 g/mol. The highest BCUT2D eigenvalue weighted by Crippen LogP contribution is 2.15. The Kier molecular flexibility index (Phi) is 4.31. The maximum Gasteiger partial charge on any atom is 0.280 e. The molecule has 0 saturated carbocycles. The molecule has 1 saturated heterocycles. The number of rotatable bonds is 3. The summed E-state index contributed by atoms with van der Waals surface area (Å²) in [4.78, 5) is 0. The molecule has 6 heteroatoms. The Bertz CT molecular complexity index is 266. The van der Waals surface area contributed by atoms with Gasteiger partial charge < -0.3 is 5.73 Å². The molecular formula is C8H19N3O2S. The monoisotopic (exact) mass is 221 g/mol. The average molecular weight is 221 g/mol. The van der Waals surface area contributed by atoms with Crippen LogP contribution in [-0.4, -0.2) is 32.0 Å². The van der Waals surface area contributed by atoms with Crippen molar-refractivity contribution in [2.75, 3.05) is 13.1 Å². The van der Waals surface area contributed by atoms with Crippen LogP contribution in [-0.2, 0) is 10.2 Å². The van der Waals surface area contributed by atoms with Gasteiger partial charge in [0.05, 0.1) is 6.17 Å². The van der Waals surface area contributed by atoms with Gasteiger partial charge in [-0.3, -0.25) is 0 Å². The first kappa shape index (κ1) is 11.9. The second-order valence-corrected chi connectivity index (χ2v) is 5.24. The van der Waals surface area contributed by atoms with Crippen LogP contribution < -0.4 is 10.5 Å². The van der Waals surface area contributed by atoms with E-state index in [2.05, 4.69) is 4.72 Å². The van der Waals surface area contributed by atoms with Crippen molar-refractivity contribution >= 4 is 10.2 Å². The first-order valence-electron chi connectivity index (χ1n) is 5.10. The van der Waals surface area contributed by atoms with E-state index in [9.17, 15) is 8.42 Å². The van der Waals surface area contributed by atoms with Crippen LogP contribution in [0.2, 0.25) is 0 Å². The standard InChI is InChI=1S/C8H19N3O2S/c1-2-10-14(12,13)11-7-5-3-4-6-8(11)9/h8,10H,2-7,9H2,1H3. The molecule has 0 aliphatic carbocycles. The molecule has 0 aromatic carbocycles. The molecule has 0 aromatic heterocycles. The first-order chi connectivity index (χ1) is 6.58. The Morgan fingerprint density at radius 3 is 2.79 bits per heavy atom. The highest BCUT2D eigenvalue weighted by molar-refractivity contribution is 7.87. The molecule has 0 radical (unpaired) electrons. The summed E-state index contributed by atoms with van der Waals surface area (Å²) in [5, 5.41) is 0. The van der Waals surface area contributed by atoms with Crippen LogP contribution in [0.3, 0.4) is 0 Å². The van der Waals surface area contributed by atoms with E-state index in [4.69, 9.17) is 5.73 Å². The Morgan fingerprint density at radius 1 is 1.43 bits per heavy atom. The molecule has 84 valence electrons. The molecule has 1 aliphatic rings. The number of nitrogens with zero attached hydrogens (tertiary/aromatic N) is 1. The minimum atomic E-state index is -3.35. The molecule has 1 fully saturated rings. The lowest BCUT2D eigenvalue weighted by molar-refractivity contribution is 0.325. The van der Waals surface area contributed by atoms with Gasteiger partial charge in [0.25, 0.3) is 10.2 Å². The lowest BCUT2D eigenvalue weighted by Crippen LogP contribution is -2.50. The van der Waals surface area contributed by atoms with Crippen molar-refractivity contribution in [1.29, 1.82) is 0 Å². The van der Waals surface area contributed by atoms with Crippen molar-refractivity contribution in [3.8, 4) is 0 Å². The summed E-state index contributed by atoms with van der Waals surface area (Å²) < 4.78 is 27.2. The average Bonchev–Trinajstić information content (AvgIpc) is 2.29. The zero-order chi connectivity index (χ0) is 10.6. The Morgan fingerprint density at radius 2 is 2.14 bits per heavy atom. The van der Waals surface area contributed by atoms with Crippen LogP contribution in [0.15, 0.2) is 0 Å². The second-order valence-electron chi connectivity index (χ2n) is 3.53. The zero-order valence-corrected chi connectivity index (χ0v) is 9.39. The Labute approximate surface area is 85.8 Å². The van der Waals surface area contributed by atoms with Gasteiger partial charge in [-0.15, -0.1) is 0 Å². The van der Waals surface area contributed by atoms with Crippen molar-refractivity contribution in [2.24, 2.45) is 5.73 Å². The van der Waals surface area contributed by atoms with Gasteiger partial charge in [0.1, 0.15) is 0 Å². The maximum atomic E-state index is 11.7. The highest BCUT2D eigenvalue weighted by Gasteiger charge is 2.27. The number of nitrogens with one attached hydrogen (secondary N) is 1. The van der Waals surface area contributed by atoms with Gasteiger partial charge in [0.15, 0.2) is 0 Å². The van der Waals surface area contributed by atoms with E-state index in [0.717, 1.165) is 25.7 Å². The summed E-state index contributed by atoms with van der Waals surface area (Å²) in [6.07, 6.45) is 3.37. The van der Waals surface area contributed by atoms with Gasteiger partial charge in [0, 0.05) is 13.1 Å². The predicted octanol–water partition coefficient (Wildman–Crippen LogP) is 0.00150. The lowest BCUT2D eigenvalue weighted by atomic mass is 10.2. The Balaban J connectivity index is 2.72. The van der Waals surface area contributed by atoms with Crippen LogP contribution in [0.5, 0.6) is 0 Å². The molecule has 0 bridgehead atoms. The molecule has 0 amide bonds. The predicted molar refractivity (Wildman–Crippen MR) is 55.7 cm³/mol. The SMILES string of the molecule is CCNS(=O)(=O)N1CCCCCC1N. The molecule has 1 rings (SSSR count). The van der Waals surface area contributed by atoms with Gasteiger partial charge in [-0.1, -0.05) is 19.8 Å². The summed E-state index contributed by atoms with van der Waals surface area (Å²) >= 11 is 0. The zero-order valence-electron chi connectivity index (χ0n) is 8.57. The third kappa shape index (κ3) is 2.91.